The maximum atomic E-state index is 11.6. The number of nitrogens with zero attached hydrogens (tertiary/aromatic N) is 1. The Bertz CT molecular complexity index is 529. The highest BCUT2D eigenvalue weighted by Gasteiger charge is 2.22. The van der Waals surface area contributed by atoms with Gasteiger partial charge in [-0.2, -0.15) is 5.26 Å². The second-order valence-electron chi connectivity index (χ2n) is 5.03. The van der Waals surface area contributed by atoms with Crippen molar-refractivity contribution in [3.05, 3.63) is 10.8 Å². The fourth-order valence-corrected chi connectivity index (χ4v) is 2.72. The lowest BCUT2D eigenvalue weighted by Gasteiger charge is -2.24. The van der Waals surface area contributed by atoms with E-state index < -0.39 is 6.09 Å². The molecule has 1 aromatic heterocycles. The van der Waals surface area contributed by atoms with Crippen molar-refractivity contribution < 1.29 is 23.7 Å². The number of alkyl carbamates (subject to hydrolysis) is 1. The minimum Gasteiger partial charge on any atom is -0.485 e. The Labute approximate surface area is 146 Å². The number of hydrogen-bond donors (Lipinski definition) is 1. The molecular formula is C16H24N2O5S. The second-order valence-corrected chi connectivity index (χ2v) is 5.77. The third kappa shape index (κ3) is 6.96. The van der Waals surface area contributed by atoms with Crippen LogP contribution in [0.3, 0.4) is 0 Å². The molecule has 2 heterocycles. The van der Waals surface area contributed by atoms with Gasteiger partial charge in [0.05, 0.1) is 0 Å². The molecule has 0 aromatic carbocycles. The molecule has 1 N–H and O–H groups in total. The van der Waals surface area contributed by atoms with Crippen LogP contribution >= 0.6 is 11.3 Å². The van der Waals surface area contributed by atoms with E-state index in [9.17, 15) is 4.79 Å². The highest BCUT2D eigenvalue weighted by atomic mass is 32.1. The summed E-state index contributed by atoms with van der Waals surface area (Å²) in [6.07, 6.45) is 4.56. The summed E-state index contributed by atoms with van der Waals surface area (Å²) in [4.78, 5) is 11.6. The summed E-state index contributed by atoms with van der Waals surface area (Å²) < 4.78 is 20.9. The number of ether oxygens (including phenoxy) is 4. The number of nitriles is 1. The number of thiophene rings is 1. The van der Waals surface area contributed by atoms with Crippen molar-refractivity contribution in [2.24, 2.45) is 0 Å². The molecule has 1 amide bonds. The van der Waals surface area contributed by atoms with Gasteiger partial charge in [-0.25, -0.2) is 4.79 Å². The third-order valence-corrected chi connectivity index (χ3v) is 3.92. The zero-order valence-corrected chi connectivity index (χ0v) is 13.6. The molecule has 2 rings (SSSR count). The van der Waals surface area contributed by atoms with Crippen molar-refractivity contribution in [2.75, 3.05) is 26.4 Å². The monoisotopic (exact) mass is 356 g/mol. The number of hydrogen-bond acceptors (Lipinski definition) is 7. The standard InChI is InChI=1S/C15H20N2O5S.CH4/c16-11-19-6-4-2-1-3-5-17-15(18)21-8-12-7-20-13-9-23-10-14(13)22-12;/h9-10,12H,1-8H2,(H,17,18);1H4. The van der Waals surface area contributed by atoms with Gasteiger partial charge in [0.15, 0.2) is 17.6 Å². The predicted molar refractivity (Wildman–Crippen MR) is 90.3 cm³/mol. The topological polar surface area (TPSA) is 89.8 Å². The molecule has 1 aliphatic heterocycles. The summed E-state index contributed by atoms with van der Waals surface area (Å²) in [5.74, 6) is 1.45. The minimum atomic E-state index is -0.447. The number of amides is 1. The molecule has 0 saturated heterocycles. The van der Waals surface area contributed by atoms with Gasteiger partial charge >= 0.3 is 6.09 Å². The van der Waals surface area contributed by atoms with Crippen LogP contribution in [0.25, 0.3) is 0 Å². The van der Waals surface area contributed by atoms with Crippen molar-refractivity contribution in [3.63, 3.8) is 0 Å². The molecule has 0 spiro atoms. The van der Waals surface area contributed by atoms with E-state index >= 15 is 0 Å². The van der Waals surface area contributed by atoms with Crippen molar-refractivity contribution in [3.8, 4) is 17.8 Å². The van der Waals surface area contributed by atoms with E-state index in [0.29, 0.717) is 25.5 Å². The van der Waals surface area contributed by atoms with Gasteiger partial charge < -0.3 is 24.3 Å². The molecule has 0 bridgehead atoms. The lowest BCUT2D eigenvalue weighted by atomic mass is 10.2. The van der Waals surface area contributed by atoms with Crippen molar-refractivity contribution >= 4 is 17.4 Å². The van der Waals surface area contributed by atoms with Crippen LogP contribution in [0.15, 0.2) is 10.8 Å². The van der Waals surface area contributed by atoms with Gasteiger partial charge in [-0.15, -0.1) is 11.3 Å². The first kappa shape index (κ1) is 19.9. The summed E-state index contributed by atoms with van der Waals surface area (Å²) >= 11 is 1.51. The van der Waals surface area contributed by atoms with E-state index in [0.717, 1.165) is 31.4 Å². The molecule has 1 atom stereocenters. The van der Waals surface area contributed by atoms with Crippen molar-refractivity contribution in [1.82, 2.24) is 5.32 Å². The van der Waals surface area contributed by atoms with E-state index in [2.05, 4.69) is 10.1 Å². The predicted octanol–water partition coefficient (Wildman–Crippen LogP) is 3.31. The van der Waals surface area contributed by atoms with Crippen LogP contribution in [0.5, 0.6) is 11.5 Å². The van der Waals surface area contributed by atoms with Gasteiger partial charge in [-0.3, -0.25) is 0 Å². The first-order valence-corrected chi connectivity index (χ1v) is 8.51. The zero-order valence-electron chi connectivity index (χ0n) is 12.8. The molecule has 0 aliphatic carbocycles. The quantitative estimate of drug-likeness (QED) is 0.539. The van der Waals surface area contributed by atoms with E-state index in [-0.39, 0.29) is 20.1 Å². The lowest BCUT2D eigenvalue weighted by Crippen LogP contribution is -2.36. The van der Waals surface area contributed by atoms with E-state index in [1.165, 1.54) is 11.3 Å². The summed E-state index contributed by atoms with van der Waals surface area (Å²) in [6.45, 7) is 1.56. The van der Waals surface area contributed by atoms with Gasteiger partial charge in [0.2, 0.25) is 0 Å². The Morgan fingerprint density at radius 3 is 2.96 bits per heavy atom. The van der Waals surface area contributed by atoms with Crippen LogP contribution in [-0.4, -0.2) is 38.6 Å². The highest BCUT2D eigenvalue weighted by molar-refractivity contribution is 7.08. The summed E-state index contributed by atoms with van der Waals surface area (Å²) in [5.41, 5.74) is 0. The lowest BCUT2D eigenvalue weighted by molar-refractivity contribution is 0.0343. The average molecular weight is 356 g/mol. The number of fused-ring (bicyclic) bond motifs is 1. The Balaban J connectivity index is 0.00000288. The summed E-state index contributed by atoms with van der Waals surface area (Å²) in [5, 5.41) is 14.6. The largest absolute Gasteiger partial charge is 0.485 e. The fraction of sp³-hybridized carbons (Fsp3) is 0.625. The molecule has 7 nitrogen and oxygen atoms in total. The molecule has 1 unspecified atom stereocenters. The average Bonchev–Trinajstić information content (AvgIpc) is 3.03. The number of nitrogens with one attached hydrogen (secondary N) is 1. The number of carbonyl (C=O) groups is 1. The fourth-order valence-electron chi connectivity index (χ4n) is 2.05. The molecular weight excluding hydrogens is 332 g/mol. The Kier molecular flexibility index (Phi) is 9.46. The smallest absolute Gasteiger partial charge is 0.407 e. The highest BCUT2D eigenvalue weighted by Crippen LogP contribution is 2.35. The summed E-state index contributed by atoms with van der Waals surface area (Å²) in [7, 11) is 0. The molecule has 134 valence electrons. The molecule has 1 aromatic rings. The van der Waals surface area contributed by atoms with Gasteiger partial charge in [0.1, 0.15) is 19.8 Å². The van der Waals surface area contributed by atoms with Crippen LogP contribution in [0.2, 0.25) is 0 Å². The van der Waals surface area contributed by atoms with Crippen LogP contribution in [0, 0.1) is 11.5 Å². The van der Waals surface area contributed by atoms with Crippen LogP contribution in [0.1, 0.15) is 33.1 Å². The molecule has 0 saturated carbocycles. The molecule has 0 fully saturated rings. The van der Waals surface area contributed by atoms with Crippen LogP contribution < -0.4 is 14.8 Å². The Morgan fingerprint density at radius 1 is 1.33 bits per heavy atom. The van der Waals surface area contributed by atoms with Gasteiger partial charge in [-0.1, -0.05) is 13.8 Å². The summed E-state index contributed by atoms with van der Waals surface area (Å²) in [6, 6.07) is 0. The number of carbonyl (C=O) groups excluding carboxylic acids is 1. The van der Waals surface area contributed by atoms with Gasteiger partial charge in [-0.05, 0) is 19.3 Å². The molecule has 24 heavy (non-hydrogen) atoms. The second kappa shape index (κ2) is 11.4. The Morgan fingerprint density at radius 2 is 2.12 bits per heavy atom. The SMILES string of the molecule is C.N#COCCCCCCNC(=O)OCC1COc2cscc2O1. The van der Waals surface area contributed by atoms with Crippen molar-refractivity contribution in [2.45, 2.75) is 39.2 Å². The normalized spacial score (nSPS) is 14.9. The van der Waals surface area contributed by atoms with Crippen LogP contribution in [-0.2, 0) is 9.47 Å². The zero-order chi connectivity index (χ0) is 16.3. The molecule has 8 heteroatoms. The molecule has 0 radical (unpaired) electrons. The maximum Gasteiger partial charge on any atom is 0.407 e. The number of unbranched alkanes of at least 4 members (excludes halogenated alkanes) is 3. The van der Waals surface area contributed by atoms with E-state index in [1.54, 1.807) is 6.26 Å². The first-order chi connectivity index (χ1) is 11.3. The minimum absolute atomic E-state index is 0. The van der Waals surface area contributed by atoms with Gasteiger partial charge in [0, 0.05) is 17.3 Å². The first-order valence-electron chi connectivity index (χ1n) is 7.56. The number of rotatable bonds is 9. The Hall–Kier alpha value is -2.14. The maximum absolute atomic E-state index is 11.6. The third-order valence-electron chi connectivity index (χ3n) is 3.22. The van der Waals surface area contributed by atoms with E-state index in [4.69, 9.17) is 19.5 Å². The molecule has 1 aliphatic rings. The van der Waals surface area contributed by atoms with Crippen LogP contribution in [0.4, 0.5) is 4.79 Å². The van der Waals surface area contributed by atoms with E-state index in [1.807, 2.05) is 10.8 Å². The van der Waals surface area contributed by atoms with Crippen molar-refractivity contribution in [1.29, 1.82) is 5.26 Å². The van der Waals surface area contributed by atoms with Gasteiger partial charge in [0.25, 0.3) is 6.26 Å².